The van der Waals surface area contributed by atoms with Gasteiger partial charge in [0.1, 0.15) is 11.8 Å². The maximum atomic E-state index is 8.96. The third-order valence-electron chi connectivity index (χ3n) is 3.53. The fourth-order valence-corrected chi connectivity index (χ4v) is 3.49. The molecule has 0 aromatic carbocycles. The quantitative estimate of drug-likeness (QED) is 0.888. The van der Waals surface area contributed by atoms with Crippen molar-refractivity contribution >= 4 is 11.8 Å². The summed E-state index contributed by atoms with van der Waals surface area (Å²) >= 11 is 2.05. The molecule has 1 aliphatic heterocycles. The van der Waals surface area contributed by atoms with Crippen LogP contribution in [0, 0.1) is 24.2 Å². The van der Waals surface area contributed by atoms with Gasteiger partial charge in [-0.1, -0.05) is 0 Å². The molecule has 1 saturated heterocycles. The Labute approximate surface area is 107 Å². The zero-order valence-corrected chi connectivity index (χ0v) is 11.3. The third kappa shape index (κ3) is 2.85. The van der Waals surface area contributed by atoms with Crippen molar-refractivity contribution in [1.29, 1.82) is 5.26 Å². The first-order chi connectivity index (χ1) is 8.22. The van der Waals surface area contributed by atoms with Gasteiger partial charge in [0.15, 0.2) is 0 Å². The van der Waals surface area contributed by atoms with Crippen molar-refractivity contribution in [3.8, 4) is 6.07 Å². The molecule has 4 heteroatoms. The first-order valence-corrected chi connectivity index (χ1v) is 7.21. The highest BCUT2D eigenvalue weighted by Crippen LogP contribution is 2.22. The highest BCUT2D eigenvalue weighted by molar-refractivity contribution is 7.99. The van der Waals surface area contributed by atoms with Crippen LogP contribution < -0.4 is 5.32 Å². The SMILES string of the molecule is Cc1c(CNCC2CCSC2)cc(C#N)n1C. The second-order valence-corrected chi connectivity index (χ2v) is 5.82. The topological polar surface area (TPSA) is 40.8 Å². The van der Waals surface area contributed by atoms with Gasteiger partial charge in [-0.25, -0.2) is 0 Å². The molecule has 1 aromatic heterocycles. The fraction of sp³-hybridized carbons (Fsp3) is 0.615. The van der Waals surface area contributed by atoms with Gasteiger partial charge in [0.05, 0.1) is 0 Å². The average Bonchev–Trinajstić information content (AvgIpc) is 2.92. The Morgan fingerprint density at radius 2 is 2.47 bits per heavy atom. The molecule has 0 bridgehead atoms. The first kappa shape index (κ1) is 12.5. The minimum atomic E-state index is 0.746. The van der Waals surface area contributed by atoms with E-state index in [9.17, 15) is 0 Å². The lowest BCUT2D eigenvalue weighted by Gasteiger charge is -2.09. The molecule has 1 fully saturated rings. The molecule has 0 amide bonds. The summed E-state index contributed by atoms with van der Waals surface area (Å²) in [5, 5.41) is 12.5. The molecule has 1 atom stereocenters. The molecular weight excluding hydrogens is 230 g/mol. The second-order valence-electron chi connectivity index (χ2n) is 4.67. The molecule has 2 heterocycles. The number of thioether (sulfide) groups is 1. The van der Waals surface area contributed by atoms with E-state index in [1.165, 1.54) is 29.2 Å². The molecule has 3 nitrogen and oxygen atoms in total. The molecule has 1 aromatic rings. The van der Waals surface area contributed by atoms with Crippen molar-refractivity contribution in [2.45, 2.75) is 19.9 Å². The Morgan fingerprint density at radius 3 is 3.06 bits per heavy atom. The van der Waals surface area contributed by atoms with Gasteiger partial charge < -0.3 is 9.88 Å². The van der Waals surface area contributed by atoms with Crippen molar-refractivity contribution in [2.75, 3.05) is 18.1 Å². The Hall–Kier alpha value is -0.920. The Kier molecular flexibility index (Phi) is 4.14. The first-order valence-electron chi connectivity index (χ1n) is 6.06. The Balaban J connectivity index is 1.88. The van der Waals surface area contributed by atoms with Gasteiger partial charge in [0.25, 0.3) is 0 Å². The summed E-state index contributed by atoms with van der Waals surface area (Å²) in [5.74, 6) is 3.44. The minimum Gasteiger partial charge on any atom is -0.340 e. The van der Waals surface area contributed by atoms with Crippen molar-refractivity contribution < 1.29 is 0 Å². The summed E-state index contributed by atoms with van der Waals surface area (Å²) < 4.78 is 1.96. The number of nitriles is 1. The van der Waals surface area contributed by atoms with Gasteiger partial charge in [-0.3, -0.25) is 0 Å². The lowest BCUT2D eigenvalue weighted by molar-refractivity contribution is 0.522. The maximum absolute atomic E-state index is 8.96. The predicted molar refractivity (Wildman–Crippen MR) is 72.0 cm³/mol. The van der Waals surface area contributed by atoms with Crippen molar-refractivity contribution in [3.63, 3.8) is 0 Å². The fourth-order valence-electron chi connectivity index (χ4n) is 2.20. The van der Waals surface area contributed by atoms with Gasteiger partial charge in [-0.2, -0.15) is 17.0 Å². The summed E-state index contributed by atoms with van der Waals surface area (Å²) in [7, 11) is 1.95. The number of aromatic nitrogens is 1. The lowest BCUT2D eigenvalue weighted by Crippen LogP contribution is -2.22. The average molecular weight is 249 g/mol. The zero-order valence-electron chi connectivity index (χ0n) is 10.5. The smallest absolute Gasteiger partial charge is 0.120 e. The molecule has 17 heavy (non-hydrogen) atoms. The zero-order chi connectivity index (χ0) is 12.3. The second kappa shape index (κ2) is 5.61. The van der Waals surface area contributed by atoms with Gasteiger partial charge in [-0.05, 0) is 48.9 Å². The van der Waals surface area contributed by atoms with E-state index in [1.807, 2.05) is 17.7 Å². The molecule has 1 unspecified atom stereocenters. The highest BCUT2D eigenvalue weighted by Gasteiger charge is 2.15. The predicted octanol–water partition coefficient (Wildman–Crippen LogP) is 2.05. The largest absolute Gasteiger partial charge is 0.340 e. The van der Waals surface area contributed by atoms with Crippen molar-refractivity contribution in [3.05, 3.63) is 23.0 Å². The number of rotatable bonds is 4. The summed E-state index contributed by atoms with van der Waals surface area (Å²) in [5.41, 5.74) is 3.18. The van der Waals surface area contributed by atoms with E-state index in [1.54, 1.807) is 0 Å². The van der Waals surface area contributed by atoms with Crippen LogP contribution in [0.3, 0.4) is 0 Å². The van der Waals surface area contributed by atoms with Crippen LogP contribution in [0.4, 0.5) is 0 Å². The molecule has 2 rings (SSSR count). The van der Waals surface area contributed by atoms with Crippen LogP contribution in [0.5, 0.6) is 0 Å². The summed E-state index contributed by atoms with van der Waals surface area (Å²) in [6, 6.07) is 4.21. The van der Waals surface area contributed by atoms with Crippen LogP contribution >= 0.6 is 11.8 Å². The Bertz CT molecular complexity index is 425. The Morgan fingerprint density at radius 1 is 1.65 bits per heavy atom. The van der Waals surface area contributed by atoms with E-state index < -0.39 is 0 Å². The number of hydrogen-bond acceptors (Lipinski definition) is 3. The summed E-state index contributed by atoms with van der Waals surface area (Å²) in [4.78, 5) is 0. The summed E-state index contributed by atoms with van der Waals surface area (Å²) in [6.07, 6.45) is 1.34. The van der Waals surface area contributed by atoms with Crippen LogP contribution in [0.25, 0.3) is 0 Å². The maximum Gasteiger partial charge on any atom is 0.120 e. The monoisotopic (exact) mass is 249 g/mol. The number of hydrogen-bond donors (Lipinski definition) is 1. The van der Waals surface area contributed by atoms with Crippen LogP contribution in [0.2, 0.25) is 0 Å². The van der Waals surface area contributed by atoms with Gasteiger partial charge in [0, 0.05) is 19.3 Å². The molecule has 0 saturated carbocycles. The van der Waals surface area contributed by atoms with E-state index in [-0.39, 0.29) is 0 Å². The van der Waals surface area contributed by atoms with Gasteiger partial charge in [-0.15, -0.1) is 0 Å². The van der Waals surface area contributed by atoms with E-state index >= 15 is 0 Å². The van der Waals surface area contributed by atoms with E-state index in [4.69, 9.17) is 5.26 Å². The van der Waals surface area contributed by atoms with Gasteiger partial charge >= 0.3 is 0 Å². The van der Waals surface area contributed by atoms with Crippen LogP contribution in [0.15, 0.2) is 6.07 Å². The lowest BCUT2D eigenvalue weighted by atomic mass is 10.1. The third-order valence-corrected chi connectivity index (χ3v) is 4.76. The normalized spacial score (nSPS) is 19.5. The van der Waals surface area contributed by atoms with E-state index in [0.717, 1.165) is 24.7 Å². The number of nitrogens with zero attached hydrogens (tertiary/aromatic N) is 2. The molecule has 1 N–H and O–H groups in total. The molecular formula is C13H19N3S. The van der Waals surface area contributed by atoms with Crippen LogP contribution in [0.1, 0.15) is 23.4 Å². The van der Waals surface area contributed by atoms with Crippen molar-refractivity contribution in [2.24, 2.45) is 13.0 Å². The van der Waals surface area contributed by atoms with Crippen LogP contribution in [-0.4, -0.2) is 22.6 Å². The molecule has 92 valence electrons. The molecule has 0 aliphatic carbocycles. The van der Waals surface area contributed by atoms with Gasteiger partial charge in [0.2, 0.25) is 0 Å². The number of nitrogens with one attached hydrogen (secondary N) is 1. The summed E-state index contributed by atoms with van der Waals surface area (Å²) in [6.45, 7) is 4.05. The molecule has 0 spiro atoms. The minimum absolute atomic E-state index is 0.746. The van der Waals surface area contributed by atoms with E-state index in [0.29, 0.717) is 0 Å². The highest BCUT2D eigenvalue weighted by atomic mass is 32.2. The molecule has 0 radical (unpaired) electrons. The van der Waals surface area contributed by atoms with E-state index in [2.05, 4.69) is 30.1 Å². The van der Waals surface area contributed by atoms with Crippen molar-refractivity contribution in [1.82, 2.24) is 9.88 Å². The molecule has 1 aliphatic rings. The standard InChI is InChI=1S/C13H19N3S/c1-10-12(5-13(6-14)16(10)2)8-15-7-11-3-4-17-9-11/h5,11,15H,3-4,7-9H2,1-2H3. The van der Waals surface area contributed by atoms with Crippen LogP contribution in [-0.2, 0) is 13.6 Å².